The van der Waals surface area contributed by atoms with Gasteiger partial charge in [-0.15, -0.1) is 0 Å². The summed E-state index contributed by atoms with van der Waals surface area (Å²) in [6.45, 7) is 8.82. The number of anilines is 3. The molecule has 6 aromatic rings. The Labute approximate surface area is 245 Å². The summed E-state index contributed by atoms with van der Waals surface area (Å²) < 4.78 is 20.2. The van der Waals surface area contributed by atoms with Crippen LogP contribution in [0.4, 0.5) is 21.5 Å². The van der Waals surface area contributed by atoms with Crippen molar-refractivity contribution in [1.82, 2.24) is 4.98 Å². The molecule has 0 atom stereocenters. The average Bonchev–Trinajstić information content (AvgIpc) is 3.00. The third-order valence-corrected chi connectivity index (χ3v) is 8.02. The maximum absolute atomic E-state index is 13.9. The summed E-state index contributed by atoms with van der Waals surface area (Å²) in [6.07, 6.45) is 0. The molecule has 7 rings (SSSR count). The molecule has 1 aliphatic heterocycles. The number of para-hydroxylation sites is 4. The number of benzene rings is 5. The Morgan fingerprint density at radius 3 is 1.88 bits per heavy atom. The van der Waals surface area contributed by atoms with Crippen LogP contribution in [-0.2, 0) is 5.41 Å². The minimum absolute atomic E-state index is 0.0539. The monoisotopic (exact) mass is 550 g/mol. The zero-order valence-electron chi connectivity index (χ0n) is 24.2. The maximum atomic E-state index is 13.9. The first-order valence-corrected chi connectivity index (χ1v) is 14.3. The van der Waals surface area contributed by atoms with E-state index in [2.05, 4.69) is 87.2 Å². The van der Waals surface area contributed by atoms with Crippen LogP contribution in [0.25, 0.3) is 33.3 Å². The van der Waals surface area contributed by atoms with Crippen molar-refractivity contribution in [2.45, 2.75) is 33.1 Å². The third kappa shape index (κ3) is 4.40. The number of hydrogen-bond donors (Lipinski definition) is 0. The van der Waals surface area contributed by atoms with Crippen molar-refractivity contribution in [2.75, 3.05) is 4.90 Å². The molecular weight excluding hydrogens is 519 g/mol. The number of rotatable bonds is 3. The zero-order chi connectivity index (χ0) is 29.0. The number of ether oxygens (including phenoxy) is 1. The van der Waals surface area contributed by atoms with E-state index in [1.807, 2.05) is 36.4 Å². The summed E-state index contributed by atoms with van der Waals surface area (Å²) in [7, 11) is 0. The first-order valence-electron chi connectivity index (χ1n) is 14.3. The molecule has 0 unspecified atom stereocenters. The van der Waals surface area contributed by atoms with Gasteiger partial charge in [-0.25, -0.2) is 9.37 Å². The van der Waals surface area contributed by atoms with Gasteiger partial charge in [-0.3, -0.25) is 0 Å². The minimum Gasteiger partial charge on any atom is -0.453 e. The standard InChI is InChI=1S/C38H31FN2O/c1-24-13-22-33(41-31-9-5-7-11-34(31)42-35-12-8-6-10-32(35)41)37-36(24)29(25-14-18-27(19-15-25)38(2,3)4)23-30(40-37)26-16-20-28(39)21-17-26/h5-23H,1-4H3. The fourth-order valence-corrected chi connectivity index (χ4v) is 5.79. The predicted molar refractivity (Wildman–Crippen MR) is 171 cm³/mol. The number of nitrogens with zero attached hydrogens (tertiary/aromatic N) is 2. The van der Waals surface area contributed by atoms with Crippen LogP contribution < -0.4 is 9.64 Å². The van der Waals surface area contributed by atoms with Crippen LogP contribution >= 0.6 is 0 Å². The second-order valence-corrected chi connectivity index (χ2v) is 11.9. The highest BCUT2D eigenvalue weighted by Crippen LogP contribution is 2.52. The fraction of sp³-hybridized carbons (Fsp3) is 0.132. The number of fused-ring (bicyclic) bond motifs is 3. The molecule has 42 heavy (non-hydrogen) atoms. The van der Waals surface area contributed by atoms with E-state index in [0.29, 0.717) is 0 Å². The second kappa shape index (κ2) is 9.85. The van der Waals surface area contributed by atoms with Gasteiger partial charge in [-0.05, 0) is 95.3 Å². The lowest BCUT2D eigenvalue weighted by Gasteiger charge is -2.33. The molecular formula is C38H31FN2O. The SMILES string of the molecule is Cc1ccc(N2c3ccccc3Oc3ccccc32)c2nc(-c3ccc(F)cc3)cc(-c3ccc(C(C)(C)C)cc3)c12. The van der Waals surface area contributed by atoms with Gasteiger partial charge in [0.15, 0.2) is 11.5 Å². The van der Waals surface area contributed by atoms with E-state index in [0.717, 1.165) is 67.4 Å². The average molecular weight is 551 g/mol. The van der Waals surface area contributed by atoms with Crippen molar-refractivity contribution in [2.24, 2.45) is 0 Å². The molecule has 1 aliphatic rings. The van der Waals surface area contributed by atoms with Gasteiger partial charge in [0.1, 0.15) is 5.82 Å². The van der Waals surface area contributed by atoms with Crippen LogP contribution in [0.15, 0.2) is 115 Å². The molecule has 4 heteroatoms. The topological polar surface area (TPSA) is 25.4 Å². The smallest absolute Gasteiger partial charge is 0.151 e. The van der Waals surface area contributed by atoms with Gasteiger partial charge < -0.3 is 9.64 Å². The lowest BCUT2D eigenvalue weighted by molar-refractivity contribution is 0.477. The Kier molecular flexibility index (Phi) is 6.09. The first-order chi connectivity index (χ1) is 20.3. The van der Waals surface area contributed by atoms with Gasteiger partial charge in [0.25, 0.3) is 0 Å². The lowest BCUT2D eigenvalue weighted by atomic mass is 9.85. The lowest BCUT2D eigenvalue weighted by Crippen LogP contribution is -2.16. The molecule has 1 aromatic heterocycles. The van der Waals surface area contributed by atoms with Crippen LogP contribution in [0.5, 0.6) is 11.5 Å². The summed E-state index contributed by atoms with van der Waals surface area (Å²) in [5.41, 5.74) is 10.1. The summed E-state index contributed by atoms with van der Waals surface area (Å²) in [4.78, 5) is 7.53. The van der Waals surface area contributed by atoms with Crippen LogP contribution in [0.1, 0.15) is 31.9 Å². The Bertz CT molecular complexity index is 1910. The Balaban J connectivity index is 1.54. The van der Waals surface area contributed by atoms with E-state index in [1.165, 1.54) is 17.7 Å². The van der Waals surface area contributed by atoms with Crippen molar-refractivity contribution in [1.29, 1.82) is 0 Å². The second-order valence-electron chi connectivity index (χ2n) is 11.9. The van der Waals surface area contributed by atoms with E-state index in [1.54, 1.807) is 12.1 Å². The molecule has 0 bridgehead atoms. The molecule has 5 aromatic carbocycles. The molecule has 0 N–H and O–H groups in total. The van der Waals surface area contributed by atoms with Gasteiger partial charge in [0.2, 0.25) is 0 Å². The number of halogens is 1. The highest BCUT2D eigenvalue weighted by molar-refractivity contribution is 6.07. The van der Waals surface area contributed by atoms with Crippen molar-refractivity contribution in [3.63, 3.8) is 0 Å². The molecule has 3 nitrogen and oxygen atoms in total. The minimum atomic E-state index is -0.268. The Morgan fingerprint density at radius 2 is 1.26 bits per heavy atom. The molecule has 2 heterocycles. The number of aryl methyl sites for hydroxylation is 1. The van der Waals surface area contributed by atoms with Crippen LogP contribution in [0.2, 0.25) is 0 Å². The van der Waals surface area contributed by atoms with Crippen molar-refractivity contribution in [3.8, 4) is 33.9 Å². The highest BCUT2D eigenvalue weighted by atomic mass is 19.1. The van der Waals surface area contributed by atoms with Crippen LogP contribution in [0, 0.1) is 12.7 Å². The van der Waals surface area contributed by atoms with Gasteiger partial charge >= 0.3 is 0 Å². The largest absolute Gasteiger partial charge is 0.453 e. The fourth-order valence-electron chi connectivity index (χ4n) is 5.79. The van der Waals surface area contributed by atoms with Crippen LogP contribution in [-0.4, -0.2) is 4.98 Å². The van der Waals surface area contributed by atoms with E-state index < -0.39 is 0 Å². The van der Waals surface area contributed by atoms with Crippen molar-refractivity contribution < 1.29 is 9.13 Å². The normalized spacial score (nSPS) is 12.5. The molecule has 0 saturated heterocycles. The molecule has 0 fully saturated rings. The Morgan fingerprint density at radius 1 is 0.667 bits per heavy atom. The molecule has 0 saturated carbocycles. The van der Waals surface area contributed by atoms with Gasteiger partial charge in [0, 0.05) is 10.9 Å². The predicted octanol–water partition coefficient (Wildman–Crippen LogP) is 10.9. The third-order valence-electron chi connectivity index (χ3n) is 8.02. The van der Waals surface area contributed by atoms with Gasteiger partial charge in [0.05, 0.1) is 28.3 Å². The zero-order valence-corrected chi connectivity index (χ0v) is 24.2. The van der Waals surface area contributed by atoms with Crippen molar-refractivity contribution in [3.05, 3.63) is 132 Å². The maximum Gasteiger partial charge on any atom is 0.151 e. The quantitative estimate of drug-likeness (QED) is 0.219. The summed E-state index contributed by atoms with van der Waals surface area (Å²) in [6, 6.07) is 38.0. The van der Waals surface area contributed by atoms with Crippen molar-refractivity contribution >= 4 is 28.0 Å². The molecule has 0 aliphatic carbocycles. The summed E-state index contributed by atoms with van der Waals surface area (Å²) in [5.74, 6) is 1.31. The van der Waals surface area contributed by atoms with E-state index in [4.69, 9.17) is 9.72 Å². The summed E-state index contributed by atoms with van der Waals surface area (Å²) in [5, 5.41) is 1.09. The molecule has 0 radical (unpaired) electrons. The van der Waals surface area contributed by atoms with Crippen LogP contribution in [0.3, 0.4) is 0 Å². The number of pyridine rings is 1. The van der Waals surface area contributed by atoms with E-state index in [-0.39, 0.29) is 11.2 Å². The number of aromatic nitrogens is 1. The van der Waals surface area contributed by atoms with E-state index >= 15 is 0 Å². The van der Waals surface area contributed by atoms with Gasteiger partial charge in [-0.1, -0.05) is 75.4 Å². The molecule has 0 amide bonds. The Hall–Kier alpha value is -4.96. The van der Waals surface area contributed by atoms with Gasteiger partial charge in [-0.2, -0.15) is 0 Å². The summed E-state index contributed by atoms with van der Waals surface area (Å²) >= 11 is 0. The molecule has 206 valence electrons. The first kappa shape index (κ1) is 26.0. The van der Waals surface area contributed by atoms with E-state index in [9.17, 15) is 4.39 Å². The highest BCUT2D eigenvalue weighted by Gasteiger charge is 2.28. The number of hydrogen-bond acceptors (Lipinski definition) is 3. The molecule has 0 spiro atoms.